The topological polar surface area (TPSA) is 105 Å². The van der Waals surface area contributed by atoms with Crippen LogP contribution in [0, 0.1) is 0 Å². The zero-order chi connectivity index (χ0) is 29.0. The number of hydrogen-bond donors (Lipinski definition) is 2. The molecule has 2 aromatic heterocycles. The molecule has 2 N–H and O–H groups in total. The molecule has 1 aliphatic carbocycles. The molecule has 1 aliphatic heterocycles. The summed E-state index contributed by atoms with van der Waals surface area (Å²) in [6.45, 7) is 10.00. The Morgan fingerprint density at radius 2 is 1.64 bits per heavy atom. The van der Waals surface area contributed by atoms with Crippen LogP contribution in [0.5, 0.6) is 0 Å². The van der Waals surface area contributed by atoms with E-state index < -0.39 is 41.9 Å². The van der Waals surface area contributed by atoms with Gasteiger partial charge >= 0.3 is 12.3 Å². The Bertz CT molecular complexity index is 1140. The van der Waals surface area contributed by atoms with E-state index >= 15 is 0 Å². The van der Waals surface area contributed by atoms with E-state index in [0.717, 1.165) is 6.07 Å². The number of nitrogens with zero attached hydrogens (tertiary/aromatic N) is 5. The van der Waals surface area contributed by atoms with Crippen LogP contribution in [-0.2, 0) is 10.9 Å². The Labute approximate surface area is 224 Å². The van der Waals surface area contributed by atoms with Gasteiger partial charge in [0.1, 0.15) is 17.0 Å². The van der Waals surface area contributed by atoms with Crippen molar-refractivity contribution >= 4 is 18.0 Å². The predicted octanol–water partition coefficient (Wildman–Crippen LogP) is 6.00. The van der Waals surface area contributed by atoms with Crippen LogP contribution >= 0.6 is 0 Å². The molecule has 2 aromatic rings. The van der Waals surface area contributed by atoms with Crippen LogP contribution in [0.2, 0.25) is 0 Å². The second-order valence-electron chi connectivity index (χ2n) is 10.2. The zero-order valence-corrected chi connectivity index (χ0v) is 22.6. The van der Waals surface area contributed by atoms with Crippen LogP contribution in [-0.4, -0.2) is 67.6 Å². The van der Waals surface area contributed by atoms with E-state index in [4.69, 9.17) is 4.74 Å². The molecule has 39 heavy (non-hydrogen) atoms. The molecule has 0 aromatic carbocycles. The Morgan fingerprint density at radius 3 is 2.21 bits per heavy atom. The second kappa shape index (κ2) is 11.8. The van der Waals surface area contributed by atoms with Crippen molar-refractivity contribution < 1.29 is 31.5 Å². The van der Waals surface area contributed by atoms with Gasteiger partial charge in [-0.1, -0.05) is 19.9 Å². The number of pyridine rings is 1. The minimum absolute atomic E-state index is 0.0208. The maximum absolute atomic E-state index is 13.7. The average molecular weight is 560 g/mol. The highest BCUT2D eigenvalue weighted by Gasteiger charge is 2.40. The monoisotopic (exact) mass is 559 g/mol. The van der Waals surface area contributed by atoms with Gasteiger partial charge in [-0.2, -0.15) is 28.1 Å². The number of amides is 1. The third kappa shape index (κ3) is 8.59. The number of alkyl halides is 5. The number of anilines is 2. The molecule has 14 heteroatoms. The quantitative estimate of drug-likeness (QED) is 0.430. The molecule has 3 heterocycles. The Morgan fingerprint density at radius 1 is 1.00 bits per heavy atom. The fourth-order valence-corrected chi connectivity index (χ4v) is 4.15. The first kappa shape index (κ1) is 30.2. The molecule has 0 radical (unpaired) electrons. The third-order valence-electron chi connectivity index (χ3n) is 5.81. The summed E-state index contributed by atoms with van der Waals surface area (Å²) in [6, 6.07) is 2.44. The lowest BCUT2D eigenvalue weighted by molar-refractivity contribution is -0.141. The largest absolute Gasteiger partial charge is 0.444 e. The van der Waals surface area contributed by atoms with Crippen molar-refractivity contribution in [1.82, 2.24) is 24.8 Å². The van der Waals surface area contributed by atoms with Crippen molar-refractivity contribution in [3.63, 3.8) is 0 Å². The number of hydrogen-bond acceptors (Lipinski definition) is 8. The molecule has 2 aliphatic rings. The number of carbonyl (C=O) groups excluding carboxylic acids is 1. The van der Waals surface area contributed by atoms with Gasteiger partial charge in [-0.05, 0) is 45.7 Å². The molecule has 9 nitrogen and oxygen atoms in total. The molecule has 1 saturated heterocycles. The van der Waals surface area contributed by atoms with Gasteiger partial charge in [0.2, 0.25) is 17.8 Å². The van der Waals surface area contributed by atoms with Crippen LogP contribution in [0.1, 0.15) is 66.0 Å². The van der Waals surface area contributed by atoms with Crippen LogP contribution in [0.3, 0.4) is 0 Å². The summed E-state index contributed by atoms with van der Waals surface area (Å²) in [5.41, 5.74) is -1.92. The molecule has 0 spiro atoms. The standard InChI is InChI=1S/C23H28F5N7O2.C2H6/c1-21(2,3)37-20(36)35-10-8-14(12-35)30-19-33-17(15-5-4-6-16(31-15)23(26,27)28)32-18(34-19)29-13-7-9-22(24,25)11-13;1-2/h4-6,13-14H,7-12H2,1-3H3,(H2,29,30,32,33,34);1-2H3. The van der Waals surface area contributed by atoms with Gasteiger partial charge in [-0.25, -0.2) is 18.6 Å². The minimum atomic E-state index is -4.67. The van der Waals surface area contributed by atoms with Gasteiger partial charge in [0.25, 0.3) is 0 Å². The van der Waals surface area contributed by atoms with Gasteiger partial charge in [-0.3, -0.25) is 0 Å². The lowest BCUT2D eigenvalue weighted by atomic mass is 10.2. The lowest BCUT2D eigenvalue weighted by Gasteiger charge is -2.24. The first-order valence-corrected chi connectivity index (χ1v) is 12.9. The fraction of sp³-hybridized carbons (Fsp3) is 0.640. The van der Waals surface area contributed by atoms with Crippen molar-refractivity contribution in [2.45, 2.75) is 90.1 Å². The Kier molecular flexibility index (Phi) is 9.16. The molecular weight excluding hydrogens is 525 g/mol. The fourth-order valence-electron chi connectivity index (χ4n) is 4.15. The molecule has 2 unspecified atom stereocenters. The summed E-state index contributed by atoms with van der Waals surface area (Å²) in [5, 5.41) is 5.93. The smallest absolute Gasteiger partial charge is 0.433 e. The Balaban J connectivity index is 0.00000205. The lowest BCUT2D eigenvalue weighted by Crippen LogP contribution is -2.36. The summed E-state index contributed by atoms with van der Waals surface area (Å²) >= 11 is 0. The highest BCUT2D eigenvalue weighted by atomic mass is 19.4. The molecule has 1 saturated carbocycles. The van der Waals surface area contributed by atoms with Gasteiger partial charge in [0.15, 0.2) is 5.82 Å². The van der Waals surface area contributed by atoms with Crippen molar-refractivity contribution in [3.8, 4) is 11.5 Å². The number of aromatic nitrogens is 4. The van der Waals surface area contributed by atoms with Crippen molar-refractivity contribution in [2.24, 2.45) is 0 Å². The molecule has 2 fully saturated rings. The van der Waals surface area contributed by atoms with Crippen molar-refractivity contribution in [1.29, 1.82) is 0 Å². The Hall–Kier alpha value is -3.32. The predicted molar refractivity (Wildman–Crippen MR) is 135 cm³/mol. The van der Waals surface area contributed by atoms with Gasteiger partial charge in [0, 0.05) is 38.0 Å². The summed E-state index contributed by atoms with van der Waals surface area (Å²) in [7, 11) is 0. The summed E-state index contributed by atoms with van der Waals surface area (Å²) in [5.74, 6) is -3.01. The third-order valence-corrected chi connectivity index (χ3v) is 5.81. The van der Waals surface area contributed by atoms with E-state index in [1.807, 2.05) is 13.8 Å². The highest BCUT2D eigenvalue weighted by molar-refractivity contribution is 5.68. The first-order chi connectivity index (χ1) is 18.2. The van der Waals surface area contributed by atoms with E-state index in [2.05, 4.69) is 30.6 Å². The number of carbonyl (C=O) groups is 1. The van der Waals surface area contributed by atoms with Gasteiger partial charge < -0.3 is 20.3 Å². The van der Waals surface area contributed by atoms with E-state index in [0.29, 0.717) is 13.0 Å². The van der Waals surface area contributed by atoms with E-state index in [1.54, 1.807) is 20.8 Å². The first-order valence-electron chi connectivity index (χ1n) is 12.9. The molecule has 1 amide bonds. The van der Waals surface area contributed by atoms with Crippen LogP contribution in [0.4, 0.5) is 38.6 Å². The number of likely N-dealkylation sites (tertiary alicyclic amines) is 1. The van der Waals surface area contributed by atoms with Gasteiger partial charge in [0.05, 0.1) is 0 Å². The summed E-state index contributed by atoms with van der Waals surface area (Å²) < 4.78 is 72.4. The zero-order valence-electron chi connectivity index (χ0n) is 22.6. The number of nitrogens with one attached hydrogen (secondary N) is 2. The molecule has 216 valence electrons. The van der Waals surface area contributed by atoms with Crippen LogP contribution in [0.15, 0.2) is 18.2 Å². The normalized spacial score (nSPS) is 20.7. The SMILES string of the molecule is CC.CC(C)(C)OC(=O)N1CCC(Nc2nc(NC3CCC(F)(F)C3)nc(-c3cccc(C(F)(F)F)n3)n2)C1. The van der Waals surface area contributed by atoms with E-state index in [1.165, 1.54) is 17.0 Å². The highest BCUT2D eigenvalue weighted by Crippen LogP contribution is 2.36. The number of halogens is 5. The number of rotatable bonds is 5. The maximum atomic E-state index is 13.7. The molecule has 4 rings (SSSR count). The minimum Gasteiger partial charge on any atom is -0.444 e. The number of ether oxygens (including phenoxy) is 1. The molecule has 2 atom stereocenters. The van der Waals surface area contributed by atoms with Gasteiger partial charge in [-0.15, -0.1) is 0 Å². The summed E-state index contributed by atoms with van der Waals surface area (Å²) in [4.78, 5) is 30.2. The average Bonchev–Trinajstić information content (AvgIpc) is 3.44. The maximum Gasteiger partial charge on any atom is 0.433 e. The second-order valence-corrected chi connectivity index (χ2v) is 10.2. The van der Waals surface area contributed by atoms with Crippen LogP contribution in [0.25, 0.3) is 11.5 Å². The van der Waals surface area contributed by atoms with Crippen LogP contribution < -0.4 is 10.6 Å². The van der Waals surface area contributed by atoms with Crippen molar-refractivity contribution in [3.05, 3.63) is 23.9 Å². The van der Waals surface area contributed by atoms with E-state index in [-0.39, 0.29) is 48.8 Å². The summed E-state index contributed by atoms with van der Waals surface area (Å²) in [6.07, 6.45) is -5.11. The van der Waals surface area contributed by atoms with Crippen molar-refractivity contribution in [2.75, 3.05) is 23.7 Å². The van der Waals surface area contributed by atoms with E-state index in [9.17, 15) is 26.7 Å². The molecule has 0 bridgehead atoms. The molecular formula is C25H34F5N7O2.